The third-order valence-electron chi connectivity index (χ3n) is 2.58. The Balaban J connectivity index is 2.86. The fourth-order valence-corrected chi connectivity index (χ4v) is 1.66. The van der Waals surface area contributed by atoms with Gasteiger partial charge in [0, 0.05) is 14.1 Å². The van der Waals surface area contributed by atoms with Gasteiger partial charge in [-0.15, -0.1) is 5.16 Å². The van der Waals surface area contributed by atoms with Crippen molar-refractivity contribution in [3.8, 4) is 0 Å². The first kappa shape index (κ1) is 11.1. The molecule has 0 aliphatic rings. The van der Waals surface area contributed by atoms with Gasteiger partial charge in [-0.2, -0.15) is 0 Å². The molecule has 0 unspecified atom stereocenters. The number of hydrogen-bond acceptors (Lipinski definition) is 5. The van der Waals surface area contributed by atoms with Crippen LogP contribution in [0.2, 0.25) is 0 Å². The maximum absolute atomic E-state index is 11.9. The van der Waals surface area contributed by atoms with E-state index in [9.17, 15) is 9.59 Å². The second-order valence-electron chi connectivity index (χ2n) is 3.57. The van der Waals surface area contributed by atoms with Crippen molar-refractivity contribution in [2.75, 3.05) is 0 Å². The van der Waals surface area contributed by atoms with Gasteiger partial charge in [0.2, 0.25) is 0 Å². The molecule has 8 heteroatoms. The Morgan fingerprint density at radius 2 is 2.12 bits per heavy atom. The van der Waals surface area contributed by atoms with Crippen molar-refractivity contribution in [1.82, 2.24) is 18.7 Å². The summed E-state index contributed by atoms with van der Waals surface area (Å²) in [6.07, 6.45) is 2.65. The van der Waals surface area contributed by atoms with E-state index in [1.165, 1.54) is 28.7 Å². The van der Waals surface area contributed by atoms with Crippen LogP contribution in [0.3, 0.4) is 0 Å². The van der Waals surface area contributed by atoms with Crippen LogP contribution in [0.1, 0.15) is 0 Å². The lowest BCUT2D eigenvalue weighted by atomic mass is 10.5. The molecule has 0 aliphatic heterocycles. The fourth-order valence-electron chi connectivity index (χ4n) is 1.66. The van der Waals surface area contributed by atoms with Crippen LogP contribution >= 0.6 is 0 Å². The summed E-state index contributed by atoms with van der Waals surface area (Å²) in [5.41, 5.74) is -0.241. The average molecular weight is 237 g/mol. The van der Waals surface area contributed by atoms with E-state index < -0.39 is 11.2 Å². The highest BCUT2D eigenvalue weighted by Crippen LogP contribution is 2.04. The van der Waals surface area contributed by atoms with Gasteiger partial charge in [0.15, 0.2) is 11.2 Å². The SMILES string of the molecule is Cn1c(=O)c2c(ncn2C/C=N/O)n(C)c1=O. The zero-order chi connectivity index (χ0) is 12.6. The molecule has 0 radical (unpaired) electrons. The normalized spacial score (nSPS) is 11.6. The van der Waals surface area contributed by atoms with Crippen molar-refractivity contribution >= 4 is 17.4 Å². The van der Waals surface area contributed by atoms with Crippen LogP contribution in [-0.4, -0.2) is 30.1 Å². The van der Waals surface area contributed by atoms with Gasteiger partial charge in [-0.05, 0) is 0 Å². The topological polar surface area (TPSA) is 94.4 Å². The number of aryl methyl sites for hydroxylation is 1. The highest BCUT2D eigenvalue weighted by Gasteiger charge is 2.13. The lowest BCUT2D eigenvalue weighted by Crippen LogP contribution is -2.37. The zero-order valence-corrected chi connectivity index (χ0v) is 9.36. The monoisotopic (exact) mass is 237 g/mol. The van der Waals surface area contributed by atoms with Crippen LogP contribution in [0, 0.1) is 0 Å². The lowest BCUT2D eigenvalue weighted by molar-refractivity contribution is 0.320. The number of fused-ring (bicyclic) bond motifs is 1. The van der Waals surface area contributed by atoms with Gasteiger partial charge in [-0.25, -0.2) is 9.78 Å². The van der Waals surface area contributed by atoms with Crippen molar-refractivity contribution in [3.63, 3.8) is 0 Å². The molecule has 0 saturated carbocycles. The van der Waals surface area contributed by atoms with Crippen LogP contribution in [0.5, 0.6) is 0 Å². The van der Waals surface area contributed by atoms with E-state index in [1.54, 1.807) is 7.05 Å². The summed E-state index contributed by atoms with van der Waals surface area (Å²) in [6, 6.07) is 0. The number of rotatable bonds is 2. The Kier molecular flexibility index (Phi) is 2.54. The summed E-state index contributed by atoms with van der Waals surface area (Å²) in [5.74, 6) is 0. The maximum atomic E-state index is 11.9. The molecule has 0 amide bonds. The number of oxime groups is 1. The molecule has 17 heavy (non-hydrogen) atoms. The van der Waals surface area contributed by atoms with E-state index in [0.29, 0.717) is 11.2 Å². The maximum Gasteiger partial charge on any atom is 0.332 e. The van der Waals surface area contributed by atoms with Crippen LogP contribution in [-0.2, 0) is 20.6 Å². The zero-order valence-electron chi connectivity index (χ0n) is 9.36. The Morgan fingerprint density at radius 1 is 1.41 bits per heavy atom. The van der Waals surface area contributed by atoms with E-state index in [4.69, 9.17) is 5.21 Å². The van der Waals surface area contributed by atoms with Crippen LogP contribution in [0.25, 0.3) is 11.2 Å². The van der Waals surface area contributed by atoms with Crippen LogP contribution in [0.4, 0.5) is 0 Å². The van der Waals surface area contributed by atoms with Crippen molar-refractivity contribution in [2.24, 2.45) is 19.3 Å². The molecule has 0 saturated heterocycles. The van der Waals surface area contributed by atoms with E-state index in [2.05, 4.69) is 10.1 Å². The minimum atomic E-state index is -0.427. The van der Waals surface area contributed by atoms with Crippen molar-refractivity contribution in [1.29, 1.82) is 0 Å². The summed E-state index contributed by atoms with van der Waals surface area (Å²) in [6.45, 7) is 0.209. The minimum absolute atomic E-state index is 0.209. The molecule has 2 rings (SSSR count). The Morgan fingerprint density at radius 3 is 2.76 bits per heavy atom. The Hall–Kier alpha value is -2.38. The Bertz CT molecular complexity index is 706. The van der Waals surface area contributed by atoms with Crippen LogP contribution < -0.4 is 11.2 Å². The lowest BCUT2D eigenvalue weighted by Gasteiger charge is -2.04. The van der Waals surface area contributed by atoms with Gasteiger partial charge in [0.25, 0.3) is 5.56 Å². The van der Waals surface area contributed by atoms with Gasteiger partial charge in [0.1, 0.15) is 0 Å². The molecule has 8 nitrogen and oxygen atoms in total. The smallest absolute Gasteiger partial charge is 0.332 e. The molecule has 90 valence electrons. The quantitative estimate of drug-likeness (QED) is 0.407. The summed E-state index contributed by atoms with van der Waals surface area (Å²) < 4.78 is 3.82. The minimum Gasteiger partial charge on any atom is -0.411 e. The third-order valence-corrected chi connectivity index (χ3v) is 2.58. The average Bonchev–Trinajstić information content (AvgIpc) is 2.75. The molecule has 2 aromatic rings. The first-order chi connectivity index (χ1) is 8.07. The van der Waals surface area contributed by atoms with Crippen LogP contribution in [0.15, 0.2) is 21.1 Å². The van der Waals surface area contributed by atoms with Gasteiger partial charge >= 0.3 is 5.69 Å². The van der Waals surface area contributed by atoms with Gasteiger partial charge in [-0.1, -0.05) is 0 Å². The second-order valence-corrected chi connectivity index (χ2v) is 3.57. The summed E-state index contributed by atoms with van der Waals surface area (Å²) in [5, 5.41) is 11.2. The molecule has 0 aliphatic carbocycles. The fraction of sp³-hybridized carbons (Fsp3) is 0.333. The van der Waals surface area contributed by atoms with E-state index in [-0.39, 0.29) is 6.54 Å². The molecule has 0 spiro atoms. The predicted molar refractivity (Wildman–Crippen MR) is 60.5 cm³/mol. The molecule has 2 aromatic heterocycles. The van der Waals surface area contributed by atoms with Gasteiger partial charge in [0.05, 0.1) is 19.1 Å². The molecule has 0 fully saturated rings. The standard InChI is InChI=1S/C9H11N5O3/c1-12-7-6(8(15)13(2)9(12)16)14(5-10-7)4-3-11-17/h3,5,17H,4H2,1-2H3/b11-3+. The molecule has 2 heterocycles. The van der Waals surface area contributed by atoms with Crippen molar-refractivity contribution < 1.29 is 5.21 Å². The van der Waals surface area contributed by atoms with Crippen molar-refractivity contribution in [3.05, 3.63) is 27.2 Å². The largest absolute Gasteiger partial charge is 0.411 e. The number of nitrogens with zero attached hydrogens (tertiary/aromatic N) is 5. The highest BCUT2D eigenvalue weighted by atomic mass is 16.4. The third kappa shape index (κ3) is 1.53. The molecular weight excluding hydrogens is 226 g/mol. The van der Waals surface area contributed by atoms with E-state index >= 15 is 0 Å². The van der Waals surface area contributed by atoms with E-state index in [0.717, 1.165) is 4.57 Å². The first-order valence-electron chi connectivity index (χ1n) is 4.84. The molecule has 0 bridgehead atoms. The second kappa shape index (κ2) is 3.89. The van der Waals surface area contributed by atoms with Gasteiger partial charge in [-0.3, -0.25) is 13.9 Å². The van der Waals surface area contributed by atoms with E-state index in [1.807, 2.05) is 0 Å². The number of imidazole rings is 1. The molecule has 0 aromatic carbocycles. The Labute approximate surface area is 95.0 Å². The summed E-state index contributed by atoms with van der Waals surface area (Å²) in [7, 11) is 2.95. The molecule has 0 atom stereocenters. The number of hydrogen-bond donors (Lipinski definition) is 1. The molecular formula is C9H11N5O3. The number of aromatic nitrogens is 4. The summed E-state index contributed by atoms with van der Waals surface area (Å²) >= 11 is 0. The van der Waals surface area contributed by atoms with Gasteiger partial charge < -0.3 is 9.77 Å². The van der Waals surface area contributed by atoms with Crippen molar-refractivity contribution in [2.45, 2.75) is 6.54 Å². The first-order valence-corrected chi connectivity index (χ1v) is 4.84. The predicted octanol–water partition coefficient (Wildman–Crippen LogP) is -1.11. The molecule has 1 N–H and O–H groups in total. The highest BCUT2D eigenvalue weighted by molar-refractivity contribution is 5.71. The summed E-state index contributed by atoms with van der Waals surface area (Å²) in [4.78, 5) is 27.6.